The first kappa shape index (κ1) is 20.9. The summed E-state index contributed by atoms with van der Waals surface area (Å²) in [5.41, 5.74) is 1.85. The van der Waals surface area contributed by atoms with Gasteiger partial charge in [0.1, 0.15) is 13.2 Å². The molecule has 3 heterocycles. The molecule has 3 aromatic rings. The molecule has 0 N–H and O–H groups in total. The van der Waals surface area contributed by atoms with Gasteiger partial charge in [-0.05, 0) is 44.0 Å². The third-order valence-electron chi connectivity index (χ3n) is 5.85. The standard InChI is InChI=1S/C24H26N2O5S/c1-17-6-8-18(9-7-17)22-25-23(24(31-22)26-12-4-2-3-5-13-26)32(27,28)19-10-11-20-21(16-19)30-15-14-29-20/h6-11,16H,2-5,12-15H2,1H3. The summed E-state index contributed by atoms with van der Waals surface area (Å²) in [5.74, 6) is 1.59. The smallest absolute Gasteiger partial charge is 0.236 e. The van der Waals surface area contributed by atoms with Crippen molar-refractivity contribution >= 4 is 15.7 Å². The van der Waals surface area contributed by atoms with E-state index >= 15 is 0 Å². The largest absolute Gasteiger partial charge is 0.486 e. The van der Waals surface area contributed by atoms with E-state index in [9.17, 15) is 8.42 Å². The van der Waals surface area contributed by atoms with E-state index < -0.39 is 9.84 Å². The van der Waals surface area contributed by atoms with Gasteiger partial charge in [-0.2, -0.15) is 4.98 Å². The molecule has 168 valence electrons. The summed E-state index contributed by atoms with van der Waals surface area (Å²) in [4.78, 5) is 6.64. The molecule has 8 heteroatoms. The molecule has 1 saturated heterocycles. The van der Waals surface area contributed by atoms with Crippen LogP contribution in [0.5, 0.6) is 11.5 Å². The highest BCUT2D eigenvalue weighted by Crippen LogP contribution is 2.38. The molecule has 2 aliphatic heterocycles. The molecule has 0 aliphatic carbocycles. The molecule has 1 aromatic heterocycles. The number of aryl methyl sites for hydroxylation is 1. The predicted octanol–water partition coefficient (Wildman–Crippen LogP) is 4.63. The first-order chi connectivity index (χ1) is 15.5. The molecule has 0 bridgehead atoms. The van der Waals surface area contributed by atoms with Crippen molar-refractivity contribution in [2.45, 2.75) is 42.5 Å². The summed E-state index contributed by atoms with van der Waals surface area (Å²) in [7, 11) is -3.94. The van der Waals surface area contributed by atoms with Gasteiger partial charge in [-0.1, -0.05) is 30.5 Å². The molecule has 0 atom stereocenters. The van der Waals surface area contributed by atoms with Gasteiger partial charge in [0.2, 0.25) is 26.6 Å². The summed E-state index contributed by atoms with van der Waals surface area (Å²) in [6.45, 7) is 4.32. The number of fused-ring (bicyclic) bond motifs is 1. The minimum atomic E-state index is -3.94. The van der Waals surface area contributed by atoms with Crippen LogP contribution in [0.25, 0.3) is 11.5 Å². The molecule has 0 radical (unpaired) electrons. The van der Waals surface area contributed by atoms with Crippen LogP contribution in [-0.2, 0) is 9.84 Å². The van der Waals surface area contributed by atoms with Gasteiger partial charge in [0.15, 0.2) is 11.5 Å². The lowest BCUT2D eigenvalue weighted by atomic mass is 10.1. The van der Waals surface area contributed by atoms with Crippen LogP contribution in [0.15, 0.2) is 56.8 Å². The predicted molar refractivity (Wildman–Crippen MR) is 120 cm³/mol. The van der Waals surface area contributed by atoms with E-state index in [4.69, 9.17) is 13.9 Å². The molecule has 32 heavy (non-hydrogen) atoms. The maximum Gasteiger partial charge on any atom is 0.236 e. The molecule has 5 rings (SSSR count). The van der Waals surface area contributed by atoms with E-state index in [0.29, 0.717) is 36.5 Å². The Labute approximate surface area is 187 Å². The summed E-state index contributed by atoms with van der Waals surface area (Å²) in [5, 5.41) is -0.0494. The molecular formula is C24H26N2O5S. The number of sulfone groups is 1. The minimum Gasteiger partial charge on any atom is -0.486 e. The highest BCUT2D eigenvalue weighted by molar-refractivity contribution is 7.91. The first-order valence-electron chi connectivity index (χ1n) is 11.0. The summed E-state index contributed by atoms with van der Waals surface area (Å²) in [6, 6.07) is 12.4. The second-order valence-electron chi connectivity index (χ2n) is 8.21. The zero-order valence-electron chi connectivity index (χ0n) is 18.0. The maximum absolute atomic E-state index is 13.7. The van der Waals surface area contributed by atoms with Gasteiger partial charge in [-0.25, -0.2) is 8.42 Å². The van der Waals surface area contributed by atoms with Gasteiger partial charge >= 0.3 is 0 Å². The zero-order chi connectivity index (χ0) is 22.1. The number of benzene rings is 2. The van der Waals surface area contributed by atoms with Crippen molar-refractivity contribution in [3.8, 4) is 23.0 Å². The van der Waals surface area contributed by atoms with Gasteiger partial charge in [0.05, 0.1) is 4.90 Å². The number of rotatable bonds is 4. The zero-order valence-corrected chi connectivity index (χ0v) is 18.9. The number of ether oxygens (including phenoxy) is 2. The average Bonchev–Trinajstić information content (AvgIpc) is 3.09. The van der Waals surface area contributed by atoms with E-state index in [0.717, 1.165) is 49.9 Å². The summed E-state index contributed by atoms with van der Waals surface area (Å²) < 4.78 is 44.7. The van der Waals surface area contributed by atoms with Gasteiger partial charge in [0, 0.05) is 24.7 Å². The van der Waals surface area contributed by atoms with Crippen LogP contribution in [0.2, 0.25) is 0 Å². The van der Waals surface area contributed by atoms with Crippen LogP contribution >= 0.6 is 0 Å². The third kappa shape index (κ3) is 3.95. The van der Waals surface area contributed by atoms with Crippen molar-refractivity contribution in [3.05, 3.63) is 48.0 Å². The van der Waals surface area contributed by atoms with Crippen LogP contribution in [0.4, 0.5) is 5.88 Å². The van der Waals surface area contributed by atoms with Gasteiger partial charge in [0.25, 0.3) is 0 Å². The Morgan fingerprint density at radius 2 is 1.56 bits per heavy atom. The summed E-state index contributed by atoms with van der Waals surface area (Å²) in [6.07, 6.45) is 4.23. The van der Waals surface area contributed by atoms with Crippen molar-refractivity contribution < 1.29 is 22.3 Å². The number of hydrogen-bond acceptors (Lipinski definition) is 7. The Bertz CT molecular complexity index is 1210. The Morgan fingerprint density at radius 1 is 0.875 bits per heavy atom. The summed E-state index contributed by atoms with van der Waals surface area (Å²) >= 11 is 0. The Kier molecular flexibility index (Phi) is 5.55. The fourth-order valence-electron chi connectivity index (χ4n) is 4.07. The maximum atomic E-state index is 13.7. The number of nitrogens with zero attached hydrogens (tertiary/aromatic N) is 2. The normalized spacial score (nSPS) is 16.6. The van der Waals surface area contributed by atoms with E-state index in [2.05, 4.69) is 4.98 Å². The molecule has 0 amide bonds. The highest BCUT2D eigenvalue weighted by Gasteiger charge is 2.32. The van der Waals surface area contributed by atoms with Crippen LogP contribution in [-0.4, -0.2) is 39.7 Å². The fourth-order valence-corrected chi connectivity index (χ4v) is 5.41. The van der Waals surface area contributed by atoms with Crippen molar-refractivity contribution in [2.24, 2.45) is 0 Å². The molecule has 7 nitrogen and oxygen atoms in total. The molecule has 1 fully saturated rings. The number of hydrogen-bond donors (Lipinski definition) is 0. The first-order valence-corrected chi connectivity index (χ1v) is 12.5. The lowest BCUT2D eigenvalue weighted by Crippen LogP contribution is -2.25. The van der Waals surface area contributed by atoms with Crippen LogP contribution in [0, 0.1) is 6.92 Å². The van der Waals surface area contributed by atoms with Crippen LogP contribution < -0.4 is 14.4 Å². The molecule has 2 aliphatic rings. The molecular weight excluding hydrogens is 428 g/mol. The number of aromatic nitrogens is 1. The van der Waals surface area contributed by atoms with Crippen molar-refractivity contribution in [1.29, 1.82) is 0 Å². The lowest BCUT2D eigenvalue weighted by molar-refractivity contribution is 0.171. The number of anilines is 1. The van der Waals surface area contributed by atoms with Crippen molar-refractivity contribution in [1.82, 2.24) is 4.98 Å². The number of oxazole rings is 1. The molecule has 0 unspecified atom stereocenters. The van der Waals surface area contributed by atoms with E-state index in [1.807, 2.05) is 36.1 Å². The Morgan fingerprint density at radius 3 is 2.28 bits per heavy atom. The Hall–Kier alpha value is -3.00. The average molecular weight is 455 g/mol. The van der Waals surface area contributed by atoms with Crippen LogP contribution in [0.3, 0.4) is 0 Å². The van der Waals surface area contributed by atoms with Gasteiger partial charge in [-0.3, -0.25) is 0 Å². The SMILES string of the molecule is Cc1ccc(-c2nc(S(=O)(=O)c3ccc4c(c3)OCCO4)c(N3CCCCCC3)o2)cc1. The molecule has 0 saturated carbocycles. The minimum absolute atomic E-state index is 0.0494. The third-order valence-corrected chi connectivity index (χ3v) is 7.50. The van der Waals surface area contributed by atoms with Gasteiger partial charge in [-0.15, -0.1) is 0 Å². The lowest BCUT2D eigenvalue weighted by Gasteiger charge is -2.21. The van der Waals surface area contributed by atoms with Gasteiger partial charge < -0.3 is 18.8 Å². The topological polar surface area (TPSA) is 81.9 Å². The second kappa shape index (κ2) is 8.50. The Balaban J connectivity index is 1.61. The van der Waals surface area contributed by atoms with E-state index in [-0.39, 0.29) is 9.92 Å². The quantitative estimate of drug-likeness (QED) is 0.568. The monoisotopic (exact) mass is 454 g/mol. The van der Waals surface area contributed by atoms with E-state index in [1.54, 1.807) is 6.07 Å². The van der Waals surface area contributed by atoms with E-state index in [1.165, 1.54) is 12.1 Å². The van der Waals surface area contributed by atoms with Crippen LogP contribution in [0.1, 0.15) is 31.2 Å². The van der Waals surface area contributed by atoms with Crippen molar-refractivity contribution in [3.63, 3.8) is 0 Å². The molecule has 2 aromatic carbocycles. The fraction of sp³-hybridized carbons (Fsp3) is 0.375. The van der Waals surface area contributed by atoms with Crippen molar-refractivity contribution in [2.75, 3.05) is 31.2 Å². The molecule has 0 spiro atoms. The highest BCUT2D eigenvalue weighted by atomic mass is 32.2. The second-order valence-corrected chi connectivity index (χ2v) is 10.1.